The van der Waals surface area contributed by atoms with Gasteiger partial charge in [-0.3, -0.25) is 0 Å². The Morgan fingerprint density at radius 1 is 1.53 bits per heavy atom. The molecule has 0 spiro atoms. The highest BCUT2D eigenvalue weighted by Gasteiger charge is 2.20. The van der Waals surface area contributed by atoms with Crippen molar-refractivity contribution in [2.45, 2.75) is 19.3 Å². The van der Waals surface area contributed by atoms with E-state index >= 15 is 0 Å². The Morgan fingerprint density at radius 2 is 2.35 bits per heavy atom. The van der Waals surface area contributed by atoms with E-state index in [-0.39, 0.29) is 0 Å². The molecule has 3 nitrogen and oxygen atoms in total. The van der Waals surface area contributed by atoms with Crippen molar-refractivity contribution in [2.75, 3.05) is 25.1 Å². The van der Waals surface area contributed by atoms with Crippen molar-refractivity contribution in [3.8, 4) is 0 Å². The first-order valence-electron chi connectivity index (χ1n) is 5.88. The SMILES string of the molecule is Clc1cc(Br)cnc1NCCCOCC1CC1. The zero-order chi connectivity index (χ0) is 12.1. The number of halogens is 2. The molecule has 0 bridgehead atoms. The van der Waals surface area contributed by atoms with Gasteiger partial charge < -0.3 is 10.1 Å². The fourth-order valence-electron chi connectivity index (χ4n) is 1.46. The minimum atomic E-state index is 0.637. The summed E-state index contributed by atoms with van der Waals surface area (Å²) in [5.41, 5.74) is 0. The standard InChI is InChI=1S/C12H16BrClN2O/c13-10-6-11(14)12(16-7-10)15-4-1-5-17-8-9-2-3-9/h6-7,9H,1-5,8H2,(H,15,16). The zero-order valence-corrected chi connectivity index (χ0v) is 11.9. The average Bonchev–Trinajstić information content (AvgIpc) is 3.09. The lowest BCUT2D eigenvalue weighted by atomic mass is 10.4. The van der Waals surface area contributed by atoms with Crippen molar-refractivity contribution in [1.82, 2.24) is 4.98 Å². The fourth-order valence-corrected chi connectivity index (χ4v) is 2.16. The third-order valence-electron chi connectivity index (χ3n) is 2.62. The van der Waals surface area contributed by atoms with Crippen molar-refractivity contribution >= 4 is 33.3 Å². The van der Waals surface area contributed by atoms with Gasteiger partial charge in [0, 0.05) is 30.4 Å². The van der Waals surface area contributed by atoms with Crippen LogP contribution in [0.25, 0.3) is 0 Å². The quantitative estimate of drug-likeness (QED) is 0.778. The molecule has 1 N–H and O–H groups in total. The van der Waals surface area contributed by atoms with Gasteiger partial charge >= 0.3 is 0 Å². The number of aromatic nitrogens is 1. The summed E-state index contributed by atoms with van der Waals surface area (Å²) >= 11 is 9.36. The molecule has 1 saturated carbocycles. The van der Waals surface area contributed by atoms with Gasteiger partial charge in [-0.1, -0.05) is 11.6 Å². The Labute approximate surface area is 115 Å². The van der Waals surface area contributed by atoms with Crippen molar-refractivity contribution in [3.63, 3.8) is 0 Å². The molecule has 1 aromatic rings. The fraction of sp³-hybridized carbons (Fsp3) is 0.583. The van der Waals surface area contributed by atoms with E-state index in [1.807, 2.05) is 6.07 Å². The molecule has 17 heavy (non-hydrogen) atoms. The number of pyridine rings is 1. The van der Waals surface area contributed by atoms with Crippen LogP contribution in [0.4, 0.5) is 5.82 Å². The van der Waals surface area contributed by atoms with Crippen LogP contribution in [0.5, 0.6) is 0 Å². The van der Waals surface area contributed by atoms with Crippen molar-refractivity contribution in [1.29, 1.82) is 0 Å². The maximum atomic E-state index is 6.03. The second-order valence-electron chi connectivity index (χ2n) is 4.28. The van der Waals surface area contributed by atoms with Crippen LogP contribution in [0.15, 0.2) is 16.7 Å². The maximum absolute atomic E-state index is 6.03. The third-order valence-corrected chi connectivity index (χ3v) is 3.34. The van der Waals surface area contributed by atoms with E-state index in [4.69, 9.17) is 16.3 Å². The van der Waals surface area contributed by atoms with Crippen LogP contribution >= 0.6 is 27.5 Å². The molecule has 94 valence electrons. The summed E-state index contributed by atoms with van der Waals surface area (Å²) in [5.74, 6) is 1.57. The van der Waals surface area contributed by atoms with E-state index in [2.05, 4.69) is 26.2 Å². The highest BCUT2D eigenvalue weighted by molar-refractivity contribution is 9.10. The summed E-state index contributed by atoms with van der Waals surface area (Å²) in [7, 11) is 0. The highest BCUT2D eigenvalue weighted by atomic mass is 79.9. The van der Waals surface area contributed by atoms with E-state index in [1.165, 1.54) is 12.8 Å². The summed E-state index contributed by atoms with van der Waals surface area (Å²) < 4.78 is 6.43. The average molecular weight is 320 g/mol. The van der Waals surface area contributed by atoms with E-state index < -0.39 is 0 Å². The smallest absolute Gasteiger partial charge is 0.144 e. The Morgan fingerprint density at radius 3 is 3.06 bits per heavy atom. The van der Waals surface area contributed by atoms with Gasteiger partial charge in [-0.2, -0.15) is 0 Å². The first kappa shape index (κ1) is 13.1. The summed E-state index contributed by atoms with van der Waals surface area (Å²) in [4.78, 5) is 4.20. The zero-order valence-electron chi connectivity index (χ0n) is 9.59. The second kappa shape index (κ2) is 6.57. The maximum Gasteiger partial charge on any atom is 0.144 e. The van der Waals surface area contributed by atoms with Gasteiger partial charge in [0.15, 0.2) is 0 Å². The molecule has 0 atom stereocenters. The van der Waals surface area contributed by atoms with Gasteiger partial charge in [-0.15, -0.1) is 0 Å². The predicted molar refractivity (Wildman–Crippen MR) is 73.6 cm³/mol. The van der Waals surface area contributed by atoms with E-state index in [1.54, 1.807) is 6.20 Å². The van der Waals surface area contributed by atoms with Crippen LogP contribution in [0.1, 0.15) is 19.3 Å². The van der Waals surface area contributed by atoms with Gasteiger partial charge in [0.05, 0.1) is 5.02 Å². The molecule has 1 heterocycles. The van der Waals surface area contributed by atoms with Gasteiger partial charge in [0.25, 0.3) is 0 Å². The first-order valence-corrected chi connectivity index (χ1v) is 7.05. The lowest BCUT2D eigenvalue weighted by Gasteiger charge is -2.07. The molecule has 0 unspecified atom stereocenters. The van der Waals surface area contributed by atoms with Gasteiger partial charge in [0.1, 0.15) is 5.82 Å². The number of hydrogen-bond acceptors (Lipinski definition) is 3. The van der Waals surface area contributed by atoms with Crippen molar-refractivity contribution < 1.29 is 4.74 Å². The minimum absolute atomic E-state index is 0.637. The lowest BCUT2D eigenvalue weighted by Crippen LogP contribution is -2.08. The second-order valence-corrected chi connectivity index (χ2v) is 5.61. The molecule has 0 radical (unpaired) electrons. The topological polar surface area (TPSA) is 34.2 Å². The van der Waals surface area contributed by atoms with Crippen LogP contribution in [0, 0.1) is 5.92 Å². The molecule has 0 aromatic carbocycles. The van der Waals surface area contributed by atoms with Crippen LogP contribution < -0.4 is 5.32 Å². The Bertz CT molecular complexity index is 372. The largest absolute Gasteiger partial charge is 0.381 e. The van der Waals surface area contributed by atoms with Gasteiger partial charge in [-0.25, -0.2) is 4.98 Å². The van der Waals surface area contributed by atoms with Crippen LogP contribution in [0.3, 0.4) is 0 Å². The number of nitrogens with one attached hydrogen (secondary N) is 1. The summed E-state index contributed by atoms with van der Waals surface area (Å²) in [6, 6.07) is 1.83. The number of ether oxygens (including phenoxy) is 1. The Kier molecular flexibility index (Phi) is 5.07. The normalized spacial score (nSPS) is 14.9. The molecule has 5 heteroatoms. The van der Waals surface area contributed by atoms with E-state index in [0.29, 0.717) is 5.02 Å². The third kappa shape index (κ3) is 4.82. The molecule has 0 saturated heterocycles. The highest BCUT2D eigenvalue weighted by Crippen LogP contribution is 2.28. The number of nitrogens with zero attached hydrogens (tertiary/aromatic N) is 1. The minimum Gasteiger partial charge on any atom is -0.381 e. The van der Waals surface area contributed by atoms with Crippen LogP contribution in [-0.2, 0) is 4.74 Å². The molecule has 1 aliphatic rings. The molecule has 1 fully saturated rings. The molecule has 0 aliphatic heterocycles. The van der Waals surface area contributed by atoms with Crippen LogP contribution in [0.2, 0.25) is 5.02 Å². The summed E-state index contributed by atoms with van der Waals surface area (Å²) in [6.45, 7) is 2.56. The summed E-state index contributed by atoms with van der Waals surface area (Å²) in [5, 5.41) is 3.84. The van der Waals surface area contributed by atoms with E-state index in [9.17, 15) is 0 Å². The number of rotatable bonds is 7. The first-order chi connectivity index (χ1) is 8.25. The lowest BCUT2D eigenvalue weighted by molar-refractivity contribution is 0.124. The van der Waals surface area contributed by atoms with Gasteiger partial charge in [0.2, 0.25) is 0 Å². The predicted octanol–water partition coefficient (Wildman–Crippen LogP) is 3.73. The Hall–Kier alpha value is -0.320. The summed E-state index contributed by atoms with van der Waals surface area (Å²) in [6.07, 6.45) is 5.39. The number of anilines is 1. The number of hydrogen-bond donors (Lipinski definition) is 1. The van der Waals surface area contributed by atoms with Crippen molar-refractivity contribution in [2.24, 2.45) is 5.92 Å². The Balaban J connectivity index is 1.60. The van der Waals surface area contributed by atoms with Crippen molar-refractivity contribution in [3.05, 3.63) is 21.8 Å². The monoisotopic (exact) mass is 318 g/mol. The molecule has 0 amide bonds. The van der Waals surface area contributed by atoms with E-state index in [0.717, 1.165) is 42.4 Å². The molecule has 1 aromatic heterocycles. The molecular formula is C12H16BrClN2O. The van der Waals surface area contributed by atoms with Gasteiger partial charge in [-0.05, 0) is 47.2 Å². The molecule has 1 aliphatic carbocycles. The molecular weight excluding hydrogens is 304 g/mol. The van der Waals surface area contributed by atoms with Crippen LogP contribution in [-0.4, -0.2) is 24.7 Å². The molecule has 2 rings (SSSR count).